The van der Waals surface area contributed by atoms with Gasteiger partial charge in [-0.15, -0.1) is 0 Å². The fourth-order valence-corrected chi connectivity index (χ4v) is 5.33. The molecule has 2 rings (SSSR count). The van der Waals surface area contributed by atoms with Crippen LogP contribution < -0.4 is 9.62 Å². The lowest BCUT2D eigenvalue weighted by Gasteiger charge is -2.31. The minimum absolute atomic E-state index is 0.0631. The molecule has 0 aliphatic rings. The van der Waals surface area contributed by atoms with E-state index in [0.29, 0.717) is 34.3 Å². The average molecular weight is 557 g/mol. The number of sulfonamides is 1. The summed E-state index contributed by atoms with van der Waals surface area (Å²) in [6.07, 6.45) is 2.68. The molecule has 0 aliphatic heterocycles. The van der Waals surface area contributed by atoms with E-state index >= 15 is 0 Å². The number of carbonyl (C=O) groups excluding carboxylic acids is 2. The van der Waals surface area contributed by atoms with Crippen molar-refractivity contribution < 1.29 is 18.0 Å². The van der Waals surface area contributed by atoms with Gasteiger partial charge >= 0.3 is 0 Å². The SMILES string of the molecule is CCCNC(=O)[C@H](CC)N(Cc1ccccc1Cl)C(=O)CCCN(c1cccc(Cl)c1C)S(C)(=O)=O. The predicted octanol–water partition coefficient (Wildman–Crippen LogP) is 5.18. The molecule has 36 heavy (non-hydrogen) atoms. The highest BCUT2D eigenvalue weighted by molar-refractivity contribution is 7.92. The summed E-state index contributed by atoms with van der Waals surface area (Å²) in [4.78, 5) is 27.9. The number of hydrogen-bond acceptors (Lipinski definition) is 4. The van der Waals surface area contributed by atoms with E-state index in [1.54, 1.807) is 42.2 Å². The van der Waals surface area contributed by atoms with Crippen molar-refractivity contribution in [1.82, 2.24) is 10.2 Å². The molecule has 2 aromatic carbocycles. The first kappa shape index (κ1) is 29.9. The first-order valence-corrected chi connectivity index (χ1v) is 14.6. The van der Waals surface area contributed by atoms with Crippen LogP contribution in [0, 0.1) is 6.92 Å². The van der Waals surface area contributed by atoms with Crippen LogP contribution in [0.1, 0.15) is 50.7 Å². The minimum atomic E-state index is -3.61. The monoisotopic (exact) mass is 555 g/mol. The maximum Gasteiger partial charge on any atom is 0.242 e. The zero-order valence-electron chi connectivity index (χ0n) is 21.3. The van der Waals surface area contributed by atoms with Crippen molar-refractivity contribution in [2.24, 2.45) is 0 Å². The van der Waals surface area contributed by atoms with E-state index in [-0.39, 0.29) is 37.7 Å². The number of anilines is 1. The molecule has 198 valence electrons. The molecule has 0 heterocycles. The molecule has 0 fully saturated rings. The number of halogens is 2. The summed E-state index contributed by atoms with van der Waals surface area (Å²) in [6, 6.07) is 11.6. The summed E-state index contributed by atoms with van der Waals surface area (Å²) in [5, 5.41) is 3.86. The molecule has 0 bridgehead atoms. The fraction of sp³-hybridized carbons (Fsp3) is 0.462. The van der Waals surface area contributed by atoms with Crippen LogP contribution in [0.3, 0.4) is 0 Å². The third-order valence-corrected chi connectivity index (χ3v) is 7.85. The fourth-order valence-electron chi connectivity index (χ4n) is 3.94. The minimum Gasteiger partial charge on any atom is -0.354 e. The number of hydrogen-bond donors (Lipinski definition) is 1. The van der Waals surface area contributed by atoms with Crippen molar-refractivity contribution in [2.45, 2.75) is 59.0 Å². The normalized spacial score (nSPS) is 12.2. The van der Waals surface area contributed by atoms with Crippen LogP contribution in [0.15, 0.2) is 42.5 Å². The van der Waals surface area contributed by atoms with Gasteiger partial charge in [0.25, 0.3) is 0 Å². The zero-order chi connectivity index (χ0) is 26.9. The van der Waals surface area contributed by atoms with E-state index in [4.69, 9.17) is 23.2 Å². The lowest BCUT2D eigenvalue weighted by molar-refractivity contribution is -0.141. The number of nitrogens with zero attached hydrogens (tertiary/aromatic N) is 2. The Kier molecular flexibility index (Phi) is 11.5. The van der Waals surface area contributed by atoms with Crippen molar-refractivity contribution in [2.75, 3.05) is 23.7 Å². The topological polar surface area (TPSA) is 86.8 Å². The Morgan fingerprint density at radius 3 is 2.31 bits per heavy atom. The van der Waals surface area contributed by atoms with Crippen LogP contribution in [0.5, 0.6) is 0 Å². The number of benzene rings is 2. The molecule has 1 N–H and O–H groups in total. The molecule has 1 atom stereocenters. The summed E-state index contributed by atoms with van der Waals surface area (Å²) in [6.45, 7) is 6.38. The van der Waals surface area contributed by atoms with Crippen molar-refractivity contribution in [1.29, 1.82) is 0 Å². The second kappa shape index (κ2) is 13.9. The first-order chi connectivity index (χ1) is 17.0. The van der Waals surface area contributed by atoms with Gasteiger partial charge in [-0.2, -0.15) is 0 Å². The van der Waals surface area contributed by atoms with E-state index in [9.17, 15) is 18.0 Å². The highest BCUT2D eigenvalue weighted by atomic mass is 35.5. The van der Waals surface area contributed by atoms with Gasteiger partial charge in [0.1, 0.15) is 6.04 Å². The molecule has 0 spiro atoms. The molecule has 0 radical (unpaired) electrons. The molecule has 2 amide bonds. The van der Waals surface area contributed by atoms with Crippen molar-refractivity contribution in [3.05, 3.63) is 63.6 Å². The quantitative estimate of drug-likeness (QED) is 0.368. The van der Waals surface area contributed by atoms with E-state index in [0.717, 1.165) is 18.2 Å². The summed E-state index contributed by atoms with van der Waals surface area (Å²) in [7, 11) is -3.61. The third-order valence-electron chi connectivity index (χ3n) is 5.89. The summed E-state index contributed by atoms with van der Waals surface area (Å²) >= 11 is 12.6. The molecule has 0 saturated heterocycles. The van der Waals surface area contributed by atoms with Gasteiger partial charge in [0.05, 0.1) is 11.9 Å². The van der Waals surface area contributed by atoms with E-state index in [1.165, 1.54) is 4.31 Å². The maximum absolute atomic E-state index is 13.4. The second-order valence-electron chi connectivity index (χ2n) is 8.65. The highest BCUT2D eigenvalue weighted by Crippen LogP contribution is 2.28. The van der Waals surface area contributed by atoms with Gasteiger partial charge in [-0.1, -0.05) is 61.3 Å². The Labute approximate surface area is 224 Å². The van der Waals surface area contributed by atoms with Crippen LogP contribution in [0.25, 0.3) is 0 Å². The molecule has 2 aromatic rings. The Morgan fingerprint density at radius 2 is 1.69 bits per heavy atom. The van der Waals surface area contributed by atoms with Gasteiger partial charge in [0.2, 0.25) is 21.8 Å². The van der Waals surface area contributed by atoms with Gasteiger partial charge in [-0.3, -0.25) is 13.9 Å². The highest BCUT2D eigenvalue weighted by Gasteiger charge is 2.29. The van der Waals surface area contributed by atoms with Crippen molar-refractivity contribution >= 4 is 50.7 Å². The standard InChI is InChI=1S/C26H35Cl2N3O4S/c1-5-16-29-26(33)23(6-2)30(18-20-11-7-8-12-22(20)28)25(32)15-10-17-31(36(4,34)35)24-14-9-13-21(27)19(24)3/h7-9,11-14,23H,5-6,10,15-18H2,1-4H3,(H,29,33)/t23-/m0/s1. The Bertz CT molecular complexity index is 1160. The number of amides is 2. The summed E-state index contributed by atoms with van der Waals surface area (Å²) in [5.74, 6) is -0.461. The predicted molar refractivity (Wildman–Crippen MR) is 147 cm³/mol. The number of rotatable bonds is 13. The Balaban J connectivity index is 2.25. The lowest BCUT2D eigenvalue weighted by Crippen LogP contribution is -2.49. The largest absolute Gasteiger partial charge is 0.354 e. The van der Waals surface area contributed by atoms with Crippen molar-refractivity contribution in [3.63, 3.8) is 0 Å². The van der Waals surface area contributed by atoms with Gasteiger partial charge in [-0.25, -0.2) is 8.42 Å². The smallest absolute Gasteiger partial charge is 0.242 e. The second-order valence-corrected chi connectivity index (χ2v) is 11.4. The summed E-state index contributed by atoms with van der Waals surface area (Å²) < 4.78 is 26.4. The molecular weight excluding hydrogens is 521 g/mol. The Hall–Kier alpha value is -2.29. The zero-order valence-corrected chi connectivity index (χ0v) is 23.6. The van der Waals surface area contributed by atoms with Gasteiger partial charge in [0, 0.05) is 36.1 Å². The average Bonchev–Trinajstić information content (AvgIpc) is 2.82. The first-order valence-electron chi connectivity index (χ1n) is 12.0. The lowest BCUT2D eigenvalue weighted by atomic mass is 10.1. The maximum atomic E-state index is 13.4. The van der Waals surface area contributed by atoms with E-state index in [1.807, 2.05) is 26.0 Å². The van der Waals surface area contributed by atoms with Crippen molar-refractivity contribution in [3.8, 4) is 0 Å². The molecule has 0 aromatic heterocycles. The Morgan fingerprint density at radius 1 is 1.03 bits per heavy atom. The third kappa shape index (κ3) is 8.11. The molecule has 0 aliphatic carbocycles. The molecule has 7 nitrogen and oxygen atoms in total. The van der Waals surface area contributed by atoms with Gasteiger partial charge in [-0.05, 0) is 55.5 Å². The molecular formula is C26H35Cl2N3O4S. The molecule has 0 saturated carbocycles. The number of carbonyl (C=O) groups is 2. The van der Waals surface area contributed by atoms with E-state index < -0.39 is 16.1 Å². The van der Waals surface area contributed by atoms with Gasteiger partial charge in [0.15, 0.2) is 0 Å². The van der Waals surface area contributed by atoms with Gasteiger partial charge < -0.3 is 10.2 Å². The van der Waals surface area contributed by atoms with Crippen LogP contribution in [0.4, 0.5) is 5.69 Å². The van der Waals surface area contributed by atoms with Crippen LogP contribution in [-0.4, -0.2) is 50.5 Å². The summed E-state index contributed by atoms with van der Waals surface area (Å²) in [5.41, 5.74) is 1.87. The number of nitrogens with one attached hydrogen (secondary N) is 1. The molecule has 0 unspecified atom stereocenters. The van der Waals surface area contributed by atoms with E-state index in [2.05, 4.69) is 5.32 Å². The molecule has 10 heteroatoms. The van der Waals surface area contributed by atoms with Crippen LogP contribution in [-0.2, 0) is 26.2 Å². The van der Waals surface area contributed by atoms with Crippen LogP contribution >= 0.6 is 23.2 Å². The van der Waals surface area contributed by atoms with Crippen LogP contribution in [0.2, 0.25) is 10.0 Å².